The van der Waals surface area contributed by atoms with Gasteiger partial charge in [0.25, 0.3) is 5.22 Å². The summed E-state index contributed by atoms with van der Waals surface area (Å²) in [5.74, 6) is 0.997. The molecule has 1 N–H and O–H groups in total. The predicted molar refractivity (Wildman–Crippen MR) is 41.2 cm³/mol. The second kappa shape index (κ2) is 4.35. The lowest BCUT2D eigenvalue weighted by molar-refractivity contribution is 0.454. The molecule has 3 nitrogen and oxygen atoms in total. The van der Waals surface area contributed by atoms with Crippen molar-refractivity contribution in [3.63, 3.8) is 0 Å². The first kappa shape index (κ1) is 7.63. The molecule has 0 aliphatic heterocycles. The number of aromatic nitrogens is 1. The Bertz CT molecular complexity index is 164. The van der Waals surface area contributed by atoms with E-state index in [1.807, 2.05) is 7.05 Å². The summed E-state index contributed by atoms with van der Waals surface area (Å²) in [6, 6.07) is 0. The van der Waals surface area contributed by atoms with Gasteiger partial charge in [0, 0.05) is 12.3 Å². The van der Waals surface area contributed by atoms with Gasteiger partial charge in [0.05, 0.1) is 6.20 Å². The molecule has 10 heavy (non-hydrogen) atoms. The highest BCUT2D eigenvalue weighted by molar-refractivity contribution is 7.99. The summed E-state index contributed by atoms with van der Waals surface area (Å²) in [5.41, 5.74) is 0. The zero-order valence-electron chi connectivity index (χ0n) is 5.83. The van der Waals surface area contributed by atoms with Crippen LogP contribution in [0.15, 0.2) is 22.1 Å². The second-order valence-electron chi connectivity index (χ2n) is 1.75. The molecule has 0 radical (unpaired) electrons. The second-order valence-corrected chi connectivity index (χ2v) is 2.80. The van der Waals surface area contributed by atoms with Crippen molar-refractivity contribution < 1.29 is 4.42 Å². The minimum absolute atomic E-state index is 0.746. The number of hydrogen-bond acceptors (Lipinski definition) is 4. The van der Waals surface area contributed by atoms with Gasteiger partial charge in [0.1, 0.15) is 6.26 Å². The Morgan fingerprint density at radius 1 is 1.80 bits per heavy atom. The molecule has 0 spiro atoms. The van der Waals surface area contributed by atoms with Crippen LogP contribution in [0.5, 0.6) is 0 Å². The number of nitrogens with zero attached hydrogens (tertiary/aromatic N) is 1. The van der Waals surface area contributed by atoms with Crippen molar-refractivity contribution in [2.24, 2.45) is 0 Å². The quantitative estimate of drug-likeness (QED) is 0.523. The molecular weight excluding hydrogens is 148 g/mol. The van der Waals surface area contributed by atoms with E-state index in [9.17, 15) is 0 Å². The average Bonchev–Trinajstić information content (AvgIpc) is 2.41. The van der Waals surface area contributed by atoms with Crippen LogP contribution in [0.25, 0.3) is 0 Å². The van der Waals surface area contributed by atoms with Crippen molar-refractivity contribution in [2.45, 2.75) is 5.22 Å². The molecule has 0 unspecified atom stereocenters. The molecule has 1 aromatic heterocycles. The van der Waals surface area contributed by atoms with Gasteiger partial charge < -0.3 is 9.73 Å². The van der Waals surface area contributed by atoms with E-state index in [0.29, 0.717) is 0 Å². The first-order valence-corrected chi connectivity index (χ1v) is 4.09. The van der Waals surface area contributed by atoms with Gasteiger partial charge in [-0.15, -0.1) is 0 Å². The van der Waals surface area contributed by atoms with Gasteiger partial charge >= 0.3 is 0 Å². The highest BCUT2D eigenvalue weighted by Crippen LogP contribution is 2.12. The van der Waals surface area contributed by atoms with Crippen molar-refractivity contribution in [1.29, 1.82) is 0 Å². The van der Waals surface area contributed by atoms with Gasteiger partial charge in [-0.25, -0.2) is 4.98 Å². The lowest BCUT2D eigenvalue weighted by Gasteiger charge is -1.93. The van der Waals surface area contributed by atoms with Crippen molar-refractivity contribution in [3.05, 3.63) is 12.5 Å². The van der Waals surface area contributed by atoms with Crippen LogP contribution in [0.4, 0.5) is 0 Å². The zero-order valence-corrected chi connectivity index (χ0v) is 6.65. The summed E-state index contributed by atoms with van der Waals surface area (Å²) in [5, 5.41) is 3.79. The summed E-state index contributed by atoms with van der Waals surface area (Å²) in [4.78, 5) is 3.96. The van der Waals surface area contributed by atoms with Crippen LogP contribution >= 0.6 is 11.8 Å². The molecule has 56 valence electrons. The molecule has 0 amide bonds. The van der Waals surface area contributed by atoms with Gasteiger partial charge in [-0.05, 0) is 7.05 Å². The first-order valence-electron chi connectivity index (χ1n) is 3.10. The van der Waals surface area contributed by atoms with Crippen LogP contribution in [-0.2, 0) is 0 Å². The largest absolute Gasteiger partial charge is 0.440 e. The fourth-order valence-corrected chi connectivity index (χ4v) is 1.26. The molecule has 0 atom stereocenters. The van der Waals surface area contributed by atoms with Crippen LogP contribution in [0.3, 0.4) is 0 Å². The third-order valence-corrected chi connectivity index (χ3v) is 1.84. The summed E-state index contributed by atoms with van der Waals surface area (Å²) in [6.07, 6.45) is 3.24. The van der Waals surface area contributed by atoms with E-state index >= 15 is 0 Å². The Labute approximate surface area is 64.2 Å². The summed E-state index contributed by atoms with van der Waals surface area (Å²) >= 11 is 1.61. The van der Waals surface area contributed by atoms with Gasteiger partial charge in [0.15, 0.2) is 0 Å². The topological polar surface area (TPSA) is 38.1 Å². The Balaban J connectivity index is 2.15. The average molecular weight is 158 g/mol. The Kier molecular flexibility index (Phi) is 3.32. The monoisotopic (exact) mass is 158 g/mol. The Morgan fingerprint density at radius 2 is 2.70 bits per heavy atom. The van der Waals surface area contributed by atoms with E-state index in [4.69, 9.17) is 4.42 Å². The minimum atomic E-state index is 0.746. The van der Waals surface area contributed by atoms with Crippen LogP contribution in [-0.4, -0.2) is 24.3 Å². The molecule has 1 rings (SSSR count). The van der Waals surface area contributed by atoms with E-state index in [-0.39, 0.29) is 0 Å². The van der Waals surface area contributed by atoms with Gasteiger partial charge in [-0.3, -0.25) is 0 Å². The maximum atomic E-state index is 5.00. The Hall–Kier alpha value is -0.480. The normalized spacial score (nSPS) is 10.1. The van der Waals surface area contributed by atoms with Crippen LogP contribution in [0.2, 0.25) is 0 Å². The number of oxazole rings is 1. The van der Waals surface area contributed by atoms with Crippen molar-refractivity contribution in [3.8, 4) is 0 Å². The maximum Gasteiger partial charge on any atom is 0.255 e. The summed E-state index contributed by atoms with van der Waals surface area (Å²) < 4.78 is 5.00. The summed E-state index contributed by atoms with van der Waals surface area (Å²) in [7, 11) is 1.93. The molecule has 4 heteroatoms. The van der Waals surface area contributed by atoms with Crippen LogP contribution in [0, 0.1) is 0 Å². The number of hydrogen-bond donors (Lipinski definition) is 1. The minimum Gasteiger partial charge on any atom is -0.440 e. The molecule has 1 heterocycles. The van der Waals surface area contributed by atoms with Crippen LogP contribution in [0.1, 0.15) is 0 Å². The van der Waals surface area contributed by atoms with E-state index in [1.54, 1.807) is 24.2 Å². The molecule has 0 fully saturated rings. The molecule has 0 aliphatic rings. The first-order chi connectivity index (χ1) is 4.93. The smallest absolute Gasteiger partial charge is 0.255 e. The van der Waals surface area contributed by atoms with Crippen molar-refractivity contribution >= 4 is 11.8 Å². The van der Waals surface area contributed by atoms with E-state index in [2.05, 4.69) is 10.3 Å². The van der Waals surface area contributed by atoms with E-state index in [1.165, 1.54) is 0 Å². The highest BCUT2D eigenvalue weighted by Gasteiger charge is 1.94. The predicted octanol–water partition coefficient (Wildman–Crippen LogP) is 0.986. The highest BCUT2D eigenvalue weighted by atomic mass is 32.2. The third-order valence-electron chi connectivity index (χ3n) is 0.987. The van der Waals surface area contributed by atoms with Gasteiger partial charge in [0.2, 0.25) is 0 Å². The fourth-order valence-electron chi connectivity index (χ4n) is 0.522. The van der Waals surface area contributed by atoms with Crippen molar-refractivity contribution in [2.75, 3.05) is 19.3 Å². The fraction of sp³-hybridized carbons (Fsp3) is 0.500. The molecule has 1 aromatic rings. The maximum absolute atomic E-state index is 5.00. The number of thioether (sulfide) groups is 1. The van der Waals surface area contributed by atoms with Crippen LogP contribution < -0.4 is 5.32 Å². The molecule has 0 bridgehead atoms. The third kappa shape index (κ3) is 2.41. The summed E-state index contributed by atoms with van der Waals surface area (Å²) in [6.45, 7) is 0.979. The van der Waals surface area contributed by atoms with Gasteiger partial charge in [-0.2, -0.15) is 0 Å². The lowest BCUT2D eigenvalue weighted by atomic mass is 10.8. The van der Waals surface area contributed by atoms with Gasteiger partial charge in [-0.1, -0.05) is 11.8 Å². The van der Waals surface area contributed by atoms with E-state index < -0.39 is 0 Å². The Morgan fingerprint density at radius 3 is 3.30 bits per heavy atom. The molecule has 0 saturated carbocycles. The lowest BCUT2D eigenvalue weighted by Crippen LogP contribution is -2.09. The molecule has 0 saturated heterocycles. The molecule has 0 aliphatic carbocycles. The number of rotatable bonds is 4. The van der Waals surface area contributed by atoms with Crippen molar-refractivity contribution in [1.82, 2.24) is 10.3 Å². The molecule has 0 aromatic carbocycles. The van der Waals surface area contributed by atoms with E-state index in [0.717, 1.165) is 17.5 Å². The SMILES string of the molecule is CNCCSc1ncco1. The zero-order chi connectivity index (χ0) is 7.23. The molecular formula is C6H10N2OS. The number of nitrogens with one attached hydrogen (secondary N) is 1. The standard InChI is InChI=1S/C6H10N2OS/c1-7-3-5-10-6-8-2-4-9-6/h2,4,7H,3,5H2,1H3.